The van der Waals surface area contributed by atoms with Gasteiger partial charge in [0, 0.05) is 11.9 Å². The number of benzene rings is 1. The zero-order valence-electron chi connectivity index (χ0n) is 9.67. The van der Waals surface area contributed by atoms with E-state index < -0.39 is 0 Å². The van der Waals surface area contributed by atoms with Crippen LogP contribution in [-0.2, 0) is 0 Å². The Balaban J connectivity index is 1.80. The number of rotatable bonds is 2. The van der Waals surface area contributed by atoms with E-state index in [1.54, 1.807) is 11.3 Å². The van der Waals surface area contributed by atoms with Crippen molar-refractivity contribution in [1.82, 2.24) is 4.90 Å². The molecule has 2 heterocycles. The summed E-state index contributed by atoms with van der Waals surface area (Å²) in [5.41, 5.74) is 2.01. The predicted molar refractivity (Wildman–Crippen MR) is 76.9 cm³/mol. The van der Waals surface area contributed by atoms with Gasteiger partial charge in [-0.25, -0.2) is 0 Å². The maximum Gasteiger partial charge on any atom is 0.255 e. The number of nitrogens with zero attached hydrogens (tertiary/aromatic N) is 1. The quantitative estimate of drug-likeness (QED) is 0.815. The zero-order chi connectivity index (χ0) is 12.5. The first-order valence-corrected chi connectivity index (χ1v) is 7.53. The second kappa shape index (κ2) is 4.86. The van der Waals surface area contributed by atoms with Gasteiger partial charge in [0.05, 0.1) is 15.4 Å². The highest BCUT2D eigenvalue weighted by Gasteiger charge is 2.33. The predicted octanol–water partition coefficient (Wildman–Crippen LogP) is 4.10. The lowest BCUT2D eigenvalue weighted by Crippen LogP contribution is -2.44. The van der Waals surface area contributed by atoms with Crippen LogP contribution < -0.4 is 0 Å². The van der Waals surface area contributed by atoms with Crippen LogP contribution in [0.1, 0.15) is 28.4 Å². The lowest BCUT2D eigenvalue weighted by atomic mass is 9.94. The molecule has 1 atom stereocenters. The number of carbonyl (C=O) groups is 1. The van der Waals surface area contributed by atoms with E-state index in [-0.39, 0.29) is 11.9 Å². The van der Waals surface area contributed by atoms with Crippen LogP contribution in [0.25, 0.3) is 0 Å². The van der Waals surface area contributed by atoms with Gasteiger partial charge in [0.15, 0.2) is 0 Å². The SMILES string of the molecule is O=C(c1csc(Br)c1)N1CC[C@@H]1c1ccccc1. The highest BCUT2D eigenvalue weighted by atomic mass is 79.9. The van der Waals surface area contributed by atoms with Gasteiger partial charge in [0.1, 0.15) is 0 Å². The Morgan fingerprint density at radius 1 is 1.33 bits per heavy atom. The van der Waals surface area contributed by atoms with Crippen molar-refractivity contribution in [2.24, 2.45) is 0 Å². The lowest BCUT2D eigenvalue weighted by molar-refractivity contribution is 0.0461. The van der Waals surface area contributed by atoms with Crippen molar-refractivity contribution < 1.29 is 4.79 Å². The Hall–Kier alpha value is -1.13. The van der Waals surface area contributed by atoms with Gasteiger partial charge in [-0.05, 0) is 34.0 Å². The third kappa shape index (κ3) is 2.10. The van der Waals surface area contributed by atoms with E-state index in [9.17, 15) is 4.79 Å². The highest BCUT2D eigenvalue weighted by Crippen LogP contribution is 2.35. The molecule has 1 saturated heterocycles. The van der Waals surface area contributed by atoms with Crippen molar-refractivity contribution in [2.75, 3.05) is 6.54 Å². The fourth-order valence-electron chi connectivity index (χ4n) is 2.24. The van der Waals surface area contributed by atoms with Gasteiger partial charge in [-0.2, -0.15) is 0 Å². The minimum atomic E-state index is 0.136. The molecule has 0 radical (unpaired) electrons. The first-order valence-electron chi connectivity index (χ1n) is 5.85. The van der Waals surface area contributed by atoms with Gasteiger partial charge in [-0.15, -0.1) is 11.3 Å². The molecule has 4 heteroatoms. The molecule has 0 saturated carbocycles. The zero-order valence-corrected chi connectivity index (χ0v) is 12.1. The van der Waals surface area contributed by atoms with Crippen molar-refractivity contribution >= 4 is 33.2 Å². The molecule has 1 aromatic heterocycles. The Morgan fingerprint density at radius 2 is 2.11 bits per heavy atom. The van der Waals surface area contributed by atoms with Crippen LogP contribution in [0.2, 0.25) is 0 Å². The average Bonchev–Trinajstić information content (AvgIpc) is 2.76. The van der Waals surface area contributed by atoms with Crippen molar-refractivity contribution in [3.8, 4) is 0 Å². The Labute approximate surface area is 118 Å². The Kier molecular flexibility index (Phi) is 3.22. The number of amides is 1. The summed E-state index contributed by atoms with van der Waals surface area (Å²) in [7, 11) is 0. The summed E-state index contributed by atoms with van der Waals surface area (Å²) < 4.78 is 1.00. The van der Waals surface area contributed by atoms with E-state index in [0.29, 0.717) is 0 Å². The molecule has 0 aliphatic carbocycles. The third-order valence-corrected chi connectivity index (χ3v) is 4.78. The van der Waals surface area contributed by atoms with Gasteiger partial charge >= 0.3 is 0 Å². The molecular weight excluding hydrogens is 310 g/mol. The highest BCUT2D eigenvalue weighted by molar-refractivity contribution is 9.11. The largest absolute Gasteiger partial charge is 0.331 e. The van der Waals surface area contributed by atoms with E-state index >= 15 is 0 Å². The summed E-state index contributed by atoms with van der Waals surface area (Å²) in [6.45, 7) is 0.853. The first-order chi connectivity index (χ1) is 8.75. The van der Waals surface area contributed by atoms with E-state index in [2.05, 4.69) is 28.1 Å². The number of carbonyl (C=O) groups excluding carboxylic acids is 1. The monoisotopic (exact) mass is 321 g/mol. The van der Waals surface area contributed by atoms with Crippen molar-refractivity contribution in [1.29, 1.82) is 0 Å². The molecule has 0 bridgehead atoms. The topological polar surface area (TPSA) is 20.3 Å². The molecule has 0 N–H and O–H groups in total. The molecule has 1 fully saturated rings. The molecule has 1 amide bonds. The van der Waals surface area contributed by atoms with Crippen LogP contribution >= 0.6 is 27.3 Å². The smallest absolute Gasteiger partial charge is 0.255 e. The summed E-state index contributed by atoms with van der Waals surface area (Å²) in [4.78, 5) is 14.3. The van der Waals surface area contributed by atoms with Crippen molar-refractivity contribution in [3.63, 3.8) is 0 Å². The van der Waals surface area contributed by atoms with Gasteiger partial charge in [0.2, 0.25) is 0 Å². The maximum atomic E-state index is 12.3. The van der Waals surface area contributed by atoms with Gasteiger partial charge in [-0.3, -0.25) is 4.79 Å². The molecule has 1 aliphatic rings. The van der Waals surface area contributed by atoms with Crippen LogP contribution in [0.3, 0.4) is 0 Å². The maximum absolute atomic E-state index is 12.3. The third-order valence-electron chi connectivity index (χ3n) is 3.28. The second-order valence-corrected chi connectivity index (χ2v) is 6.64. The van der Waals surface area contributed by atoms with E-state index in [4.69, 9.17) is 0 Å². The minimum Gasteiger partial charge on any atom is -0.331 e. The Morgan fingerprint density at radius 3 is 2.67 bits per heavy atom. The van der Waals surface area contributed by atoms with E-state index in [1.807, 2.05) is 34.5 Å². The number of likely N-dealkylation sites (tertiary alicyclic amines) is 1. The van der Waals surface area contributed by atoms with Crippen LogP contribution in [-0.4, -0.2) is 17.4 Å². The number of halogens is 1. The molecule has 3 rings (SSSR count). The first kappa shape index (κ1) is 11.9. The van der Waals surface area contributed by atoms with Crippen LogP contribution in [0.4, 0.5) is 0 Å². The summed E-state index contributed by atoms with van der Waals surface area (Å²) >= 11 is 4.95. The van der Waals surface area contributed by atoms with Gasteiger partial charge < -0.3 is 4.90 Å². The molecule has 2 aromatic rings. The molecule has 0 unspecified atom stereocenters. The molecular formula is C14H12BrNOS. The van der Waals surface area contributed by atoms with Gasteiger partial charge in [-0.1, -0.05) is 30.3 Å². The summed E-state index contributed by atoms with van der Waals surface area (Å²) in [6.07, 6.45) is 1.06. The number of hydrogen-bond acceptors (Lipinski definition) is 2. The molecule has 92 valence electrons. The van der Waals surface area contributed by atoms with Crippen LogP contribution in [0.5, 0.6) is 0 Å². The van der Waals surface area contributed by atoms with Crippen LogP contribution in [0, 0.1) is 0 Å². The lowest BCUT2D eigenvalue weighted by Gasteiger charge is -2.41. The van der Waals surface area contributed by atoms with Gasteiger partial charge in [0.25, 0.3) is 5.91 Å². The second-order valence-electron chi connectivity index (χ2n) is 4.35. The standard InChI is InChI=1S/C14H12BrNOS/c15-13-8-11(9-18-13)14(17)16-7-6-12(16)10-4-2-1-3-5-10/h1-5,8-9,12H,6-7H2/t12-/m1/s1. The van der Waals surface area contributed by atoms with Crippen molar-refractivity contribution in [2.45, 2.75) is 12.5 Å². The number of thiophene rings is 1. The molecule has 18 heavy (non-hydrogen) atoms. The summed E-state index contributed by atoms with van der Waals surface area (Å²) in [5, 5.41) is 1.91. The van der Waals surface area contributed by atoms with Crippen molar-refractivity contribution in [3.05, 3.63) is 56.7 Å². The fraction of sp³-hybridized carbons (Fsp3) is 0.214. The molecule has 1 aromatic carbocycles. The normalized spacial score (nSPS) is 18.5. The number of hydrogen-bond donors (Lipinski definition) is 0. The summed E-state index contributed by atoms with van der Waals surface area (Å²) in [5.74, 6) is 0.136. The minimum absolute atomic E-state index is 0.136. The Bertz CT molecular complexity index is 566. The van der Waals surface area contributed by atoms with Crippen LogP contribution in [0.15, 0.2) is 45.6 Å². The summed E-state index contributed by atoms with van der Waals surface area (Å²) in [6, 6.07) is 12.4. The fourth-order valence-corrected chi connectivity index (χ4v) is 3.37. The molecule has 1 aliphatic heterocycles. The van der Waals surface area contributed by atoms with E-state index in [0.717, 1.165) is 22.3 Å². The molecule has 2 nitrogen and oxygen atoms in total. The molecule has 0 spiro atoms. The van der Waals surface area contributed by atoms with E-state index in [1.165, 1.54) is 5.56 Å². The average molecular weight is 322 g/mol.